The van der Waals surface area contributed by atoms with Crippen molar-refractivity contribution in [3.8, 4) is 0 Å². The number of hydrazine groups is 1. The maximum Gasteiger partial charge on any atom is 0.240 e. The predicted octanol–water partition coefficient (Wildman–Crippen LogP) is 1.54. The van der Waals surface area contributed by atoms with E-state index in [1.54, 1.807) is 11.3 Å². The molecule has 20 heavy (non-hydrogen) atoms. The summed E-state index contributed by atoms with van der Waals surface area (Å²) >= 11 is 1.70. The highest BCUT2D eigenvalue weighted by atomic mass is 32.1. The van der Waals surface area contributed by atoms with Crippen LogP contribution in [0, 0.1) is 0 Å². The first kappa shape index (κ1) is 15.0. The van der Waals surface area contributed by atoms with E-state index in [4.69, 9.17) is 5.84 Å². The van der Waals surface area contributed by atoms with E-state index in [1.807, 2.05) is 0 Å². The third kappa shape index (κ3) is 3.17. The fraction of sp³-hybridized carbons (Fsp3) is 0.538. The van der Waals surface area contributed by atoms with Crippen LogP contribution in [0.4, 0.5) is 11.8 Å². The number of hydrogen-bond donors (Lipinski definition) is 2. The van der Waals surface area contributed by atoms with Gasteiger partial charge in [-0.15, -0.1) is 11.3 Å². The van der Waals surface area contributed by atoms with Crippen molar-refractivity contribution >= 4 is 33.3 Å². The van der Waals surface area contributed by atoms with Crippen molar-refractivity contribution in [3.63, 3.8) is 0 Å². The van der Waals surface area contributed by atoms with Crippen LogP contribution in [-0.2, 0) is 6.42 Å². The van der Waals surface area contributed by atoms with Gasteiger partial charge in [0.05, 0.1) is 5.39 Å². The lowest BCUT2D eigenvalue weighted by atomic mass is 10.3. The van der Waals surface area contributed by atoms with Gasteiger partial charge in [0.15, 0.2) is 0 Å². The highest BCUT2D eigenvalue weighted by molar-refractivity contribution is 7.18. The molecule has 0 amide bonds. The molecule has 2 rings (SSSR count). The van der Waals surface area contributed by atoms with Crippen LogP contribution in [-0.4, -0.2) is 49.1 Å². The molecule has 7 heteroatoms. The Hall–Kier alpha value is -1.44. The Balaban J connectivity index is 2.40. The molecule has 0 atom stereocenters. The van der Waals surface area contributed by atoms with E-state index in [9.17, 15) is 0 Å². The molecule has 0 saturated carbocycles. The zero-order chi connectivity index (χ0) is 14.7. The highest BCUT2D eigenvalue weighted by Gasteiger charge is 2.14. The summed E-state index contributed by atoms with van der Waals surface area (Å²) in [5.41, 5.74) is 2.55. The third-order valence-electron chi connectivity index (χ3n) is 3.15. The van der Waals surface area contributed by atoms with Crippen LogP contribution in [0.5, 0.6) is 0 Å². The van der Waals surface area contributed by atoms with Gasteiger partial charge in [0.25, 0.3) is 0 Å². The van der Waals surface area contributed by atoms with Gasteiger partial charge in [0.2, 0.25) is 5.95 Å². The molecule has 0 radical (unpaired) electrons. The molecule has 0 aliphatic rings. The first-order chi connectivity index (χ1) is 9.55. The molecule has 0 aliphatic carbocycles. The molecule has 6 nitrogen and oxygen atoms in total. The lowest BCUT2D eigenvalue weighted by molar-refractivity contribution is 0.416. The van der Waals surface area contributed by atoms with Crippen LogP contribution in [0.15, 0.2) is 6.07 Å². The quantitative estimate of drug-likeness (QED) is 0.622. The molecule has 2 heterocycles. The minimum absolute atomic E-state index is 0.466. The monoisotopic (exact) mass is 294 g/mol. The average Bonchev–Trinajstić information content (AvgIpc) is 2.86. The van der Waals surface area contributed by atoms with Crippen LogP contribution in [0.25, 0.3) is 10.2 Å². The number of nitrogens with two attached hydrogens (primary N) is 1. The molecule has 110 valence electrons. The Morgan fingerprint density at radius 3 is 2.60 bits per heavy atom. The molecule has 0 aliphatic heterocycles. The number of aryl methyl sites for hydroxylation is 1. The molecule has 0 saturated heterocycles. The lowest BCUT2D eigenvalue weighted by Crippen LogP contribution is -2.29. The van der Waals surface area contributed by atoms with E-state index in [1.165, 1.54) is 4.88 Å². The third-order valence-corrected chi connectivity index (χ3v) is 4.32. The van der Waals surface area contributed by atoms with Crippen molar-refractivity contribution in [2.75, 3.05) is 44.6 Å². The van der Waals surface area contributed by atoms with Crippen LogP contribution < -0.4 is 16.2 Å². The standard InChI is InChI=1S/C13H22N6S/c1-5-9-8-10-11(19(4)7-6-18(2)3)15-13(17-14)16-12(10)20-9/h8H,5-7,14H2,1-4H3,(H,15,16,17). The molecule has 3 N–H and O–H groups in total. The zero-order valence-corrected chi connectivity index (χ0v) is 13.3. The second kappa shape index (κ2) is 6.34. The molecule has 0 aromatic carbocycles. The van der Waals surface area contributed by atoms with Gasteiger partial charge in [-0.1, -0.05) is 6.92 Å². The fourth-order valence-electron chi connectivity index (χ4n) is 1.94. The van der Waals surface area contributed by atoms with Crippen molar-refractivity contribution in [1.29, 1.82) is 0 Å². The van der Waals surface area contributed by atoms with Crippen molar-refractivity contribution in [3.05, 3.63) is 10.9 Å². The van der Waals surface area contributed by atoms with Crippen molar-refractivity contribution in [2.45, 2.75) is 13.3 Å². The Morgan fingerprint density at radius 2 is 2.00 bits per heavy atom. The summed E-state index contributed by atoms with van der Waals surface area (Å²) in [6.07, 6.45) is 1.01. The van der Waals surface area contributed by atoms with E-state index in [-0.39, 0.29) is 0 Å². The molecule has 0 fully saturated rings. The van der Waals surface area contributed by atoms with Crippen LogP contribution in [0.1, 0.15) is 11.8 Å². The highest BCUT2D eigenvalue weighted by Crippen LogP contribution is 2.31. The van der Waals surface area contributed by atoms with Gasteiger partial charge in [-0.2, -0.15) is 4.98 Å². The molecule has 2 aromatic heterocycles. The Bertz CT molecular complexity index is 579. The van der Waals surface area contributed by atoms with E-state index in [0.29, 0.717) is 5.95 Å². The van der Waals surface area contributed by atoms with Gasteiger partial charge in [0.1, 0.15) is 10.6 Å². The Morgan fingerprint density at radius 1 is 1.25 bits per heavy atom. The number of rotatable bonds is 6. The minimum atomic E-state index is 0.466. The topological polar surface area (TPSA) is 70.3 Å². The molecule has 0 spiro atoms. The second-order valence-corrected chi connectivity index (χ2v) is 6.14. The Labute approximate surface area is 123 Å². The molecule has 0 bridgehead atoms. The van der Waals surface area contributed by atoms with E-state index >= 15 is 0 Å². The zero-order valence-electron chi connectivity index (χ0n) is 12.5. The summed E-state index contributed by atoms with van der Waals surface area (Å²) in [4.78, 5) is 15.5. The first-order valence-corrected chi connectivity index (χ1v) is 7.49. The molecular weight excluding hydrogens is 272 g/mol. The molecule has 0 unspecified atom stereocenters. The first-order valence-electron chi connectivity index (χ1n) is 6.68. The smallest absolute Gasteiger partial charge is 0.240 e. The van der Waals surface area contributed by atoms with Crippen LogP contribution >= 0.6 is 11.3 Å². The number of thiophene rings is 1. The van der Waals surface area contributed by atoms with Gasteiger partial charge in [0, 0.05) is 25.0 Å². The number of hydrogen-bond acceptors (Lipinski definition) is 7. The van der Waals surface area contributed by atoms with E-state index in [0.717, 1.165) is 35.5 Å². The number of nitrogen functional groups attached to an aromatic ring is 1. The number of aromatic nitrogens is 2. The van der Waals surface area contributed by atoms with Gasteiger partial charge < -0.3 is 9.80 Å². The number of nitrogens with one attached hydrogen (secondary N) is 1. The maximum atomic E-state index is 5.47. The van der Waals surface area contributed by atoms with Gasteiger partial charge in [-0.25, -0.2) is 10.8 Å². The summed E-state index contributed by atoms with van der Waals surface area (Å²) in [5, 5.41) is 1.10. The largest absolute Gasteiger partial charge is 0.358 e. The molecule has 2 aromatic rings. The van der Waals surface area contributed by atoms with Gasteiger partial charge >= 0.3 is 0 Å². The summed E-state index contributed by atoms with van der Waals surface area (Å²) in [6, 6.07) is 2.18. The summed E-state index contributed by atoms with van der Waals surface area (Å²) < 4.78 is 0. The molecular formula is C13H22N6S. The summed E-state index contributed by atoms with van der Waals surface area (Å²) in [7, 11) is 6.18. The lowest BCUT2D eigenvalue weighted by Gasteiger charge is -2.21. The minimum Gasteiger partial charge on any atom is -0.358 e. The SMILES string of the molecule is CCc1cc2c(N(C)CCN(C)C)nc(NN)nc2s1. The fourth-order valence-corrected chi connectivity index (χ4v) is 2.90. The Kier molecular flexibility index (Phi) is 4.74. The van der Waals surface area contributed by atoms with Crippen LogP contribution in [0.3, 0.4) is 0 Å². The van der Waals surface area contributed by atoms with Crippen molar-refractivity contribution in [2.24, 2.45) is 5.84 Å². The second-order valence-electron chi connectivity index (χ2n) is 5.03. The average molecular weight is 294 g/mol. The number of nitrogens with zero attached hydrogens (tertiary/aromatic N) is 4. The van der Waals surface area contributed by atoms with Crippen LogP contribution in [0.2, 0.25) is 0 Å². The summed E-state index contributed by atoms with van der Waals surface area (Å²) in [5.74, 6) is 6.87. The van der Waals surface area contributed by atoms with Crippen molar-refractivity contribution in [1.82, 2.24) is 14.9 Å². The van der Waals surface area contributed by atoms with Gasteiger partial charge in [-0.05, 0) is 26.6 Å². The normalized spacial score (nSPS) is 11.3. The van der Waals surface area contributed by atoms with Gasteiger partial charge in [-0.3, -0.25) is 5.43 Å². The van der Waals surface area contributed by atoms with E-state index in [2.05, 4.69) is 59.3 Å². The number of fused-ring (bicyclic) bond motifs is 1. The maximum absolute atomic E-state index is 5.47. The van der Waals surface area contributed by atoms with Crippen molar-refractivity contribution < 1.29 is 0 Å². The summed E-state index contributed by atoms with van der Waals surface area (Å²) in [6.45, 7) is 4.02. The number of likely N-dealkylation sites (N-methyl/N-ethyl adjacent to an activating group) is 2. The predicted molar refractivity (Wildman–Crippen MR) is 86.4 cm³/mol. The number of anilines is 2. The van der Waals surface area contributed by atoms with E-state index < -0.39 is 0 Å².